The zero-order valence-electron chi connectivity index (χ0n) is 14.4. The summed E-state index contributed by atoms with van der Waals surface area (Å²) in [6.45, 7) is 2.96. The molecule has 0 aliphatic heterocycles. The summed E-state index contributed by atoms with van der Waals surface area (Å²) in [7, 11) is 0. The number of aromatic nitrogens is 2. The average Bonchev–Trinajstić information content (AvgIpc) is 2.95. The van der Waals surface area contributed by atoms with E-state index in [1.165, 1.54) is 22.4 Å². The molecule has 25 heavy (non-hydrogen) atoms. The Labute approximate surface area is 156 Å². The van der Waals surface area contributed by atoms with Gasteiger partial charge < -0.3 is 4.98 Å². The third-order valence-electron chi connectivity index (χ3n) is 5.13. The Balaban J connectivity index is 1.65. The van der Waals surface area contributed by atoms with Gasteiger partial charge in [-0.3, -0.25) is 9.36 Å². The van der Waals surface area contributed by atoms with E-state index in [-0.39, 0.29) is 5.56 Å². The van der Waals surface area contributed by atoms with Crippen LogP contribution in [0.3, 0.4) is 0 Å². The van der Waals surface area contributed by atoms with Crippen LogP contribution in [0.25, 0.3) is 10.2 Å². The molecule has 1 aliphatic carbocycles. The Bertz CT molecular complexity index is 1010. The summed E-state index contributed by atoms with van der Waals surface area (Å²) >= 11 is 7.20. The highest BCUT2D eigenvalue weighted by Gasteiger charge is 2.23. The molecule has 1 N–H and O–H groups in total. The first kappa shape index (κ1) is 16.7. The molecule has 1 atom stereocenters. The molecular weight excluding hydrogens is 348 g/mol. The van der Waals surface area contributed by atoms with Gasteiger partial charge in [0.2, 0.25) is 0 Å². The molecule has 1 aliphatic rings. The highest BCUT2D eigenvalue weighted by Crippen LogP contribution is 2.35. The summed E-state index contributed by atoms with van der Waals surface area (Å²) in [6.07, 6.45) is 5.14. The first-order valence-corrected chi connectivity index (χ1v) is 10.2. The van der Waals surface area contributed by atoms with Crippen molar-refractivity contribution in [3.05, 3.63) is 61.5 Å². The topological polar surface area (TPSA) is 37.8 Å². The first-order valence-electron chi connectivity index (χ1n) is 8.95. The van der Waals surface area contributed by atoms with Crippen LogP contribution >= 0.6 is 23.6 Å². The molecule has 5 heteroatoms. The lowest BCUT2D eigenvalue weighted by Gasteiger charge is -2.17. The molecule has 0 saturated carbocycles. The molecule has 2 heterocycles. The van der Waals surface area contributed by atoms with Crippen LogP contribution in [0.4, 0.5) is 0 Å². The molecule has 130 valence electrons. The maximum atomic E-state index is 13.1. The van der Waals surface area contributed by atoms with E-state index < -0.39 is 0 Å². The van der Waals surface area contributed by atoms with Crippen LogP contribution in [0.5, 0.6) is 0 Å². The summed E-state index contributed by atoms with van der Waals surface area (Å²) < 4.78 is 2.31. The zero-order chi connectivity index (χ0) is 17.4. The third kappa shape index (κ3) is 3.23. The highest BCUT2D eigenvalue weighted by atomic mass is 32.1. The Hall–Kier alpha value is -1.72. The van der Waals surface area contributed by atoms with Crippen LogP contribution in [0.2, 0.25) is 0 Å². The van der Waals surface area contributed by atoms with Crippen molar-refractivity contribution >= 4 is 33.8 Å². The fourth-order valence-electron chi connectivity index (χ4n) is 3.75. The van der Waals surface area contributed by atoms with Gasteiger partial charge in [0.25, 0.3) is 5.56 Å². The molecule has 0 amide bonds. The molecule has 1 aromatic carbocycles. The third-order valence-corrected chi connectivity index (χ3v) is 6.62. The zero-order valence-corrected chi connectivity index (χ0v) is 16.0. The van der Waals surface area contributed by atoms with E-state index in [1.54, 1.807) is 15.9 Å². The fraction of sp³-hybridized carbons (Fsp3) is 0.400. The van der Waals surface area contributed by atoms with Crippen LogP contribution in [0.1, 0.15) is 35.8 Å². The summed E-state index contributed by atoms with van der Waals surface area (Å²) in [4.78, 5) is 18.7. The number of rotatable bonds is 4. The number of aromatic amines is 1. The number of thiophene rings is 1. The van der Waals surface area contributed by atoms with Gasteiger partial charge in [0.05, 0.1) is 5.39 Å². The molecule has 0 radical (unpaired) electrons. The van der Waals surface area contributed by atoms with Gasteiger partial charge in [0.15, 0.2) is 4.77 Å². The number of aryl methyl sites for hydroxylation is 2. The monoisotopic (exact) mass is 370 g/mol. The average molecular weight is 371 g/mol. The van der Waals surface area contributed by atoms with Crippen LogP contribution in [-0.4, -0.2) is 9.55 Å². The number of fused-ring (bicyclic) bond motifs is 3. The minimum Gasteiger partial charge on any atom is -0.323 e. The predicted octanol–water partition coefficient (Wildman–Crippen LogP) is 4.88. The summed E-state index contributed by atoms with van der Waals surface area (Å²) in [5, 5.41) is 0.889. The number of nitrogens with one attached hydrogen (secondary N) is 1. The van der Waals surface area contributed by atoms with Crippen LogP contribution in [-0.2, 0) is 25.8 Å². The van der Waals surface area contributed by atoms with Gasteiger partial charge in [-0.15, -0.1) is 11.3 Å². The summed E-state index contributed by atoms with van der Waals surface area (Å²) in [5.74, 6) is 0.705. The van der Waals surface area contributed by atoms with Gasteiger partial charge in [-0.25, -0.2) is 0 Å². The van der Waals surface area contributed by atoms with Gasteiger partial charge in [-0.2, -0.15) is 0 Å². The first-order chi connectivity index (χ1) is 12.1. The maximum absolute atomic E-state index is 13.1. The Morgan fingerprint density at radius 1 is 1.32 bits per heavy atom. The van der Waals surface area contributed by atoms with Gasteiger partial charge in [0, 0.05) is 11.4 Å². The molecule has 0 saturated heterocycles. The quantitative estimate of drug-likeness (QED) is 0.665. The maximum Gasteiger partial charge on any atom is 0.263 e. The van der Waals surface area contributed by atoms with E-state index in [1.807, 2.05) is 6.07 Å². The van der Waals surface area contributed by atoms with Crippen molar-refractivity contribution in [3.63, 3.8) is 0 Å². The number of hydrogen-bond donors (Lipinski definition) is 1. The van der Waals surface area contributed by atoms with Gasteiger partial charge in [0.1, 0.15) is 4.83 Å². The van der Waals surface area contributed by atoms with Crippen molar-refractivity contribution in [1.82, 2.24) is 9.55 Å². The lowest BCUT2D eigenvalue weighted by atomic mass is 9.89. The minimum atomic E-state index is 0.0962. The molecule has 3 aromatic rings. The van der Waals surface area contributed by atoms with Crippen molar-refractivity contribution in [2.45, 2.75) is 45.6 Å². The normalized spacial score (nSPS) is 16.9. The number of H-pyrrole nitrogens is 1. The van der Waals surface area contributed by atoms with Crippen molar-refractivity contribution in [2.24, 2.45) is 5.92 Å². The summed E-state index contributed by atoms with van der Waals surface area (Å²) in [6, 6.07) is 10.4. The standard InChI is InChI=1S/C20H22N2OS2/c1-13-9-10-15-16(12-13)25-18-17(15)19(23)22(20(24)21-18)11-5-8-14-6-3-2-4-7-14/h2-4,6-7,13H,5,8-12H2,1H3,(H,21,24)/t13-/m0/s1. The Morgan fingerprint density at radius 2 is 2.12 bits per heavy atom. The van der Waals surface area contributed by atoms with Crippen LogP contribution in [0.15, 0.2) is 35.1 Å². The molecule has 0 unspecified atom stereocenters. The van der Waals surface area contributed by atoms with Crippen LogP contribution < -0.4 is 5.56 Å². The van der Waals surface area contributed by atoms with E-state index >= 15 is 0 Å². The van der Waals surface area contributed by atoms with Crippen molar-refractivity contribution in [3.8, 4) is 0 Å². The molecular formula is C20H22N2OS2. The van der Waals surface area contributed by atoms with Crippen LogP contribution in [0, 0.1) is 10.7 Å². The Kier molecular flexibility index (Phi) is 4.61. The van der Waals surface area contributed by atoms with E-state index in [0.29, 0.717) is 17.2 Å². The lowest BCUT2D eigenvalue weighted by Crippen LogP contribution is -2.23. The minimum absolute atomic E-state index is 0.0962. The van der Waals surface area contributed by atoms with Crippen molar-refractivity contribution in [2.75, 3.05) is 0 Å². The molecule has 0 bridgehead atoms. The highest BCUT2D eigenvalue weighted by molar-refractivity contribution is 7.71. The SMILES string of the molecule is C[C@H]1CCc2c(sc3[nH]c(=S)n(CCCc4ccccc4)c(=O)c23)C1. The van der Waals surface area contributed by atoms with Crippen molar-refractivity contribution in [1.29, 1.82) is 0 Å². The van der Waals surface area contributed by atoms with E-state index in [9.17, 15) is 4.79 Å². The second-order valence-electron chi connectivity index (χ2n) is 7.03. The molecule has 2 aromatic heterocycles. The second kappa shape index (κ2) is 6.89. The van der Waals surface area contributed by atoms with Gasteiger partial charge in [-0.05, 0) is 61.4 Å². The Morgan fingerprint density at radius 3 is 2.92 bits per heavy atom. The second-order valence-corrected chi connectivity index (χ2v) is 8.52. The van der Waals surface area contributed by atoms with E-state index in [4.69, 9.17) is 12.2 Å². The van der Waals surface area contributed by atoms with Gasteiger partial charge >= 0.3 is 0 Å². The smallest absolute Gasteiger partial charge is 0.263 e. The number of nitrogens with zero attached hydrogens (tertiary/aromatic N) is 1. The molecule has 0 spiro atoms. The number of hydrogen-bond acceptors (Lipinski definition) is 3. The number of benzene rings is 1. The van der Waals surface area contributed by atoms with Gasteiger partial charge in [-0.1, -0.05) is 37.3 Å². The fourth-order valence-corrected chi connectivity index (χ4v) is 5.49. The lowest BCUT2D eigenvalue weighted by molar-refractivity contribution is 0.509. The molecule has 0 fully saturated rings. The molecule has 4 rings (SSSR count). The van der Waals surface area contributed by atoms with E-state index in [0.717, 1.165) is 35.9 Å². The predicted molar refractivity (Wildman–Crippen MR) is 107 cm³/mol. The van der Waals surface area contributed by atoms with Crippen molar-refractivity contribution < 1.29 is 0 Å². The summed E-state index contributed by atoms with van der Waals surface area (Å²) in [5.41, 5.74) is 2.67. The largest absolute Gasteiger partial charge is 0.323 e. The molecule has 3 nitrogen and oxygen atoms in total. The van der Waals surface area contributed by atoms with E-state index in [2.05, 4.69) is 36.2 Å².